The molecule has 2 heterocycles. The van der Waals surface area contributed by atoms with Gasteiger partial charge in [-0.05, 0) is 18.2 Å². The van der Waals surface area contributed by atoms with Crippen molar-refractivity contribution < 1.29 is 28.6 Å². The van der Waals surface area contributed by atoms with E-state index in [4.69, 9.17) is 14.6 Å². The van der Waals surface area contributed by atoms with Crippen molar-refractivity contribution >= 4 is 11.9 Å². The number of rotatable bonds is 9. The molecular weight excluding hydrogens is 395 g/mol. The van der Waals surface area contributed by atoms with Crippen LogP contribution >= 0.6 is 0 Å². The molecule has 2 aromatic heterocycles. The first-order valence-electron chi connectivity index (χ1n) is 9.11. The smallest absolute Gasteiger partial charge is 0.306 e. The summed E-state index contributed by atoms with van der Waals surface area (Å²) in [5.41, 5.74) is 2.88. The third kappa shape index (κ3) is 5.22. The van der Waals surface area contributed by atoms with Crippen LogP contribution in [-0.4, -0.2) is 43.7 Å². The Morgan fingerprint density at radius 1 is 1.23 bits per heavy atom. The molecule has 10 heteroatoms. The first kappa shape index (κ1) is 21.0. The van der Waals surface area contributed by atoms with Gasteiger partial charge in [0.25, 0.3) is 0 Å². The lowest BCUT2D eigenvalue weighted by Gasteiger charge is -2.06. The molecule has 0 atom stereocenters. The number of aliphatic carboxylic acids is 1. The van der Waals surface area contributed by atoms with Crippen LogP contribution in [0.3, 0.4) is 0 Å². The maximum Gasteiger partial charge on any atom is 0.306 e. The first-order valence-corrected chi connectivity index (χ1v) is 9.11. The SMILES string of the molecule is COc1cc(F)ccc1-c1cnn(Cc2cc(COC(=O)CCC(=O)O)nn2C)c1. The number of methoxy groups -OCH3 is 1. The molecule has 0 saturated carbocycles. The van der Waals surface area contributed by atoms with Gasteiger partial charge < -0.3 is 14.6 Å². The Hall–Kier alpha value is -3.69. The molecular formula is C20H21FN4O5. The minimum atomic E-state index is -1.05. The molecule has 1 aromatic carbocycles. The zero-order chi connectivity index (χ0) is 21.7. The highest BCUT2D eigenvalue weighted by Gasteiger charge is 2.13. The van der Waals surface area contributed by atoms with Crippen molar-refractivity contribution in [2.75, 3.05) is 7.11 Å². The summed E-state index contributed by atoms with van der Waals surface area (Å²) in [7, 11) is 3.24. The Morgan fingerprint density at radius 2 is 2.03 bits per heavy atom. The van der Waals surface area contributed by atoms with Gasteiger partial charge in [0.05, 0.1) is 38.4 Å². The normalized spacial score (nSPS) is 10.8. The molecule has 0 aliphatic carbocycles. The van der Waals surface area contributed by atoms with Crippen molar-refractivity contribution in [2.45, 2.75) is 26.0 Å². The maximum absolute atomic E-state index is 13.4. The number of carboxylic acid groups (broad SMARTS) is 1. The average molecular weight is 416 g/mol. The number of carbonyl (C=O) groups excluding carboxylic acids is 1. The summed E-state index contributed by atoms with van der Waals surface area (Å²) in [4.78, 5) is 22.0. The van der Waals surface area contributed by atoms with Crippen LogP contribution in [-0.2, 0) is 34.5 Å². The second-order valence-electron chi connectivity index (χ2n) is 6.58. The van der Waals surface area contributed by atoms with E-state index >= 15 is 0 Å². The second kappa shape index (κ2) is 9.21. The summed E-state index contributed by atoms with van der Waals surface area (Å²) < 4.78 is 27.1. The van der Waals surface area contributed by atoms with Gasteiger partial charge in [-0.2, -0.15) is 10.2 Å². The van der Waals surface area contributed by atoms with Gasteiger partial charge in [-0.1, -0.05) is 0 Å². The molecule has 0 unspecified atom stereocenters. The Kier molecular flexibility index (Phi) is 6.45. The largest absolute Gasteiger partial charge is 0.496 e. The molecule has 3 aromatic rings. The minimum Gasteiger partial charge on any atom is -0.496 e. The molecule has 30 heavy (non-hydrogen) atoms. The number of aromatic nitrogens is 4. The van der Waals surface area contributed by atoms with Crippen LogP contribution in [0, 0.1) is 5.82 Å². The molecule has 0 spiro atoms. The van der Waals surface area contributed by atoms with Gasteiger partial charge in [0.1, 0.15) is 23.9 Å². The molecule has 9 nitrogen and oxygen atoms in total. The van der Waals surface area contributed by atoms with Crippen molar-refractivity contribution in [3.05, 3.63) is 53.9 Å². The summed E-state index contributed by atoms with van der Waals surface area (Å²) in [5.74, 6) is -1.60. The predicted octanol–water partition coefficient (Wildman–Crippen LogP) is 2.39. The van der Waals surface area contributed by atoms with Gasteiger partial charge in [0.2, 0.25) is 0 Å². The number of carboxylic acids is 1. The van der Waals surface area contributed by atoms with Gasteiger partial charge >= 0.3 is 11.9 Å². The zero-order valence-corrected chi connectivity index (χ0v) is 16.5. The molecule has 0 aliphatic heterocycles. The number of ether oxygens (including phenoxy) is 2. The number of aryl methyl sites for hydroxylation is 1. The summed E-state index contributed by atoms with van der Waals surface area (Å²) in [6, 6.07) is 6.10. The van der Waals surface area contributed by atoms with E-state index in [1.54, 1.807) is 34.7 Å². The second-order valence-corrected chi connectivity index (χ2v) is 6.58. The lowest BCUT2D eigenvalue weighted by atomic mass is 10.1. The molecule has 0 amide bonds. The van der Waals surface area contributed by atoms with Gasteiger partial charge in [-0.3, -0.25) is 19.0 Å². The summed E-state index contributed by atoms with van der Waals surface area (Å²) in [6.07, 6.45) is 3.02. The van der Waals surface area contributed by atoms with E-state index in [1.165, 1.54) is 19.2 Å². The monoisotopic (exact) mass is 416 g/mol. The summed E-state index contributed by atoms with van der Waals surface area (Å²) >= 11 is 0. The first-order chi connectivity index (χ1) is 14.4. The number of benzene rings is 1. The standard InChI is InChI=1S/C20H21FN4O5/c1-24-16(8-15(23-24)12-30-20(28)6-5-19(26)27)11-25-10-13(9-22-25)17-4-3-14(21)7-18(17)29-2/h3-4,7-10H,5-6,11-12H2,1-2H3,(H,26,27). The number of esters is 1. The fourth-order valence-electron chi connectivity index (χ4n) is 2.88. The topological polar surface area (TPSA) is 108 Å². The Bertz CT molecular complexity index is 1060. The maximum atomic E-state index is 13.4. The highest BCUT2D eigenvalue weighted by molar-refractivity contribution is 5.76. The molecule has 3 rings (SSSR count). The quantitative estimate of drug-likeness (QED) is 0.534. The van der Waals surface area contributed by atoms with E-state index in [1.807, 2.05) is 6.20 Å². The predicted molar refractivity (Wildman–Crippen MR) is 103 cm³/mol. The van der Waals surface area contributed by atoms with Crippen molar-refractivity contribution in [3.8, 4) is 16.9 Å². The molecule has 0 aliphatic rings. The van der Waals surface area contributed by atoms with Crippen LogP contribution in [0.1, 0.15) is 24.2 Å². The highest BCUT2D eigenvalue weighted by atomic mass is 19.1. The van der Waals surface area contributed by atoms with E-state index in [0.717, 1.165) is 16.8 Å². The number of carbonyl (C=O) groups is 2. The highest BCUT2D eigenvalue weighted by Crippen LogP contribution is 2.30. The van der Waals surface area contributed by atoms with Gasteiger partial charge in [0.15, 0.2) is 0 Å². The van der Waals surface area contributed by atoms with Crippen molar-refractivity contribution in [3.63, 3.8) is 0 Å². The van der Waals surface area contributed by atoms with Crippen LogP contribution in [0.15, 0.2) is 36.7 Å². The van der Waals surface area contributed by atoms with E-state index in [-0.39, 0.29) is 25.3 Å². The molecule has 158 valence electrons. The van der Waals surface area contributed by atoms with Gasteiger partial charge in [-0.25, -0.2) is 4.39 Å². The number of hydrogen-bond donors (Lipinski definition) is 1. The molecule has 0 bridgehead atoms. The number of halogens is 1. The van der Waals surface area contributed by atoms with Crippen molar-refractivity contribution in [1.29, 1.82) is 0 Å². The Balaban J connectivity index is 1.65. The van der Waals surface area contributed by atoms with Crippen LogP contribution in [0.2, 0.25) is 0 Å². The summed E-state index contributed by atoms with van der Waals surface area (Å²) in [5, 5.41) is 17.2. The zero-order valence-electron chi connectivity index (χ0n) is 16.5. The van der Waals surface area contributed by atoms with E-state index < -0.39 is 11.9 Å². The van der Waals surface area contributed by atoms with E-state index in [9.17, 15) is 14.0 Å². The van der Waals surface area contributed by atoms with E-state index in [0.29, 0.717) is 18.0 Å². The van der Waals surface area contributed by atoms with Crippen molar-refractivity contribution in [1.82, 2.24) is 19.6 Å². The molecule has 1 N–H and O–H groups in total. The van der Waals surface area contributed by atoms with Gasteiger partial charge in [-0.15, -0.1) is 0 Å². The van der Waals surface area contributed by atoms with Crippen LogP contribution in [0.4, 0.5) is 4.39 Å². The minimum absolute atomic E-state index is 0.0383. The van der Waals surface area contributed by atoms with Crippen LogP contribution in [0.5, 0.6) is 5.75 Å². The lowest BCUT2D eigenvalue weighted by Crippen LogP contribution is -2.08. The Morgan fingerprint density at radius 3 is 2.77 bits per heavy atom. The Labute approximate surface area is 171 Å². The van der Waals surface area contributed by atoms with Crippen LogP contribution < -0.4 is 4.74 Å². The third-order valence-corrected chi connectivity index (χ3v) is 4.38. The third-order valence-electron chi connectivity index (χ3n) is 4.38. The average Bonchev–Trinajstić information content (AvgIpc) is 3.31. The molecule has 0 saturated heterocycles. The molecule has 0 radical (unpaired) electrons. The summed E-state index contributed by atoms with van der Waals surface area (Å²) in [6.45, 7) is 0.378. The van der Waals surface area contributed by atoms with Crippen LogP contribution in [0.25, 0.3) is 11.1 Å². The fraction of sp³-hybridized carbons (Fsp3) is 0.300. The lowest BCUT2D eigenvalue weighted by molar-refractivity contribution is -0.148. The number of hydrogen-bond acceptors (Lipinski definition) is 6. The van der Waals surface area contributed by atoms with E-state index in [2.05, 4.69) is 10.2 Å². The number of nitrogens with zero attached hydrogens (tertiary/aromatic N) is 4. The molecule has 0 fully saturated rings. The fourth-order valence-corrected chi connectivity index (χ4v) is 2.88. The van der Waals surface area contributed by atoms with Gasteiger partial charge in [0, 0.05) is 30.4 Å². The van der Waals surface area contributed by atoms with Crippen molar-refractivity contribution in [2.24, 2.45) is 7.05 Å².